The molecule has 5 rings (SSSR count). The number of ether oxygens (including phenoxy) is 2. The minimum atomic E-state index is -2.75. The molecule has 3 aromatic rings. The molecule has 0 saturated heterocycles. The fourth-order valence-corrected chi connectivity index (χ4v) is 4.16. The Kier molecular flexibility index (Phi) is 4.67. The fourth-order valence-electron chi connectivity index (χ4n) is 4.16. The summed E-state index contributed by atoms with van der Waals surface area (Å²) >= 11 is 0. The van der Waals surface area contributed by atoms with E-state index in [0.717, 1.165) is 22.9 Å². The lowest BCUT2D eigenvalue weighted by Crippen LogP contribution is -2.50. The lowest BCUT2D eigenvalue weighted by Gasteiger charge is -2.42. The highest BCUT2D eigenvalue weighted by Gasteiger charge is 2.51. The van der Waals surface area contributed by atoms with Crippen molar-refractivity contribution in [2.45, 2.75) is 57.0 Å². The van der Waals surface area contributed by atoms with Crippen molar-refractivity contribution >= 4 is 10.9 Å². The minimum absolute atomic E-state index is 0.0325. The third kappa shape index (κ3) is 3.31. The van der Waals surface area contributed by atoms with E-state index in [9.17, 15) is 13.9 Å². The van der Waals surface area contributed by atoms with Crippen molar-refractivity contribution in [2.75, 3.05) is 6.61 Å². The van der Waals surface area contributed by atoms with Crippen LogP contribution in [0, 0.1) is 0 Å². The zero-order valence-corrected chi connectivity index (χ0v) is 16.5. The van der Waals surface area contributed by atoms with Crippen molar-refractivity contribution in [1.29, 1.82) is 0 Å². The van der Waals surface area contributed by atoms with Crippen molar-refractivity contribution in [1.82, 2.24) is 20.0 Å². The van der Waals surface area contributed by atoms with E-state index >= 15 is 0 Å². The molecule has 158 valence electrons. The molecular weight excluding hydrogens is 394 g/mol. The number of hydrogen-bond donors (Lipinski definition) is 1. The van der Waals surface area contributed by atoms with Crippen molar-refractivity contribution in [2.24, 2.45) is 0 Å². The average molecular weight is 416 g/mol. The Morgan fingerprint density at radius 2 is 2.17 bits per heavy atom. The number of fused-ring (bicyclic) bond motifs is 3. The number of halogens is 2. The first-order valence-corrected chi connectivity index (χ1v) is 10.00. The Bertz CT molecular complexity index is 1080. The van der Waals surface area contributed by atoms with Crippen molar-refractivity contribution in [3.8, 4) is 5.75 Å². The zero-order chi connectivity index (χ0) is 20.9. The molecule has 1 aliphatic heterocycles. The Balaban J connectivity index is 1.32. The molecular formula is C21H22F2N4O3. The van der Waals surface area contributed by atoms with Gasteiger partial charge in [0.15, 0.2) is 0 Å². The Morgan fingerprint density at radius 3 is 2.97 bits per heavy atom. The van der Waals surface area contributed by atoms with Crippen LogP contribution in [-0.2, 0) is 17.8 Å². The third-order valence-corrected chi connectivity index (χ3v) is 6.01. The van der Waals surface area contributed by atoms with Gasteiger partial charge in [-0.3, -0.25) is 4.98 Å². The first-order chi connectivity index (χ1) is 14.4. The molecule has 1 atom stereocenters. The van der Waals surface area contributed by atoms with E-state index in [1.54, 1.807) is 6.20 Å². The third-order valence-electron chi connectivity index (χ3n) is 6.01. The summed E-state index contributed by atoms with van der Waals surface area (Å²) in [4.78, 5) is 4.50. The summed E-state index contributed by atoms with van der Waals surface area (Å²) in [5.74, 6) is 0.696. The Hall–Kier alpha value is -2.65. The van der Waals surface area contributed by atoms with Crippen molar-refractivity contribution in [3.63, 3.8) is 0 Å². The zero-order valence-electron chi connectivity index (χ0n) is 16.5. The number of hydrogen-bond acceptors (Lipinski definition) is 6. The van der Waals surface area contributed by atoms with Crippen LogP contribution < -0.4 is 4.74 Å². The molecule has 1 aliphatic carbocycles. The lowest BCUT2D eigenvalue weighted by molar-refractivity contribution is -0.165. The average Bonchev–Trinajstić information content (AvgIpc) is 3.21. The van der Waals surface area contributed by atoms with Gasteiger partial charge in [-0.25, -0.2) is 13.5 Å². The highest BCUT2D eigenvalue weighted by molar-refractivity contribution is 5.84. The molecule has 0 unspecified atom stereocenters. The largest absolute Gasteiger partial charge is 0.484 e. The van der Waals surface area contributed by atoms with Gasteiger partial charge in [0.1, 0.15) is 23.1 Å². The van der Waals surface area contributed by atoms with Gasteiger partial charge in [0.25, 0.3) is 6.43 Å². The van der Waals surface area contributed by atoms with Crippen LogP contribution in [0.4, 0.5) is 8.78 Å². The number of nitrogens with zero attached hydrogens (tertiary/aromatic N) is 4. The lowest BCUT2D eigenvalue weighted by atomic mass is 9.76. The molecule has 1 N–H and O–H groups in total. The van der Waals surface area contributed by atoms with E-state index in [0.29, 0.717) is 24.7 Å². The van der Waals surface area contributed by atoms with Gasteiger partial charge in [0.2, 0.25) is 0 Å². The van der Waals surface area contributed by atoms with Crippen LogP contribution in [0.15, 0.2) is 30.6 Å². The summed E-state index contributed by atoms with van der Waals surface area (Å²) in [6.45, 7) is 3.13. The summed E-state index contributed by atoms with van der Waals surface area (Å²) in [6.07, 6.45) is 1.22. The maximum absolute atomic E-state index is 12.8. The number of rotatable bonds is 5. The first-order valence-electron chi connectivity index (χ1n) is 10.00. The minimum Gasteiger partial charge on any atom is -0.484 e. The second-order valence-electron chi connectivity index (χ2n) is 8.09. The standard InChI is InChI=1S/C21H22F2N4O3/c1-12(19-10-27(26-25-19)14-7-21(28,8-14)20(22)23)30-15-2-3-18-17(6-15)16-4-5-29-11-13(16)9-24-18/h2-3,6,9-10,12,14,20,28H,4-5,7-8,11H2,1H3/t12-,14?,21?/m1/s1. The van der Waals surface area contributed by atoms with E-state index in [1.165, 1.54) is 10.2 Å². The molecule has 1 fully saturated rings. The number of benzene rings is 1. The summed E-state index contributed by atoms with van der Waals surface area (Å²) in [5, 5.41) is 19.0. The van der Waals surface area contributed by atoms with E-state index < -0.39 is 12.0 Å². The van der Waals surface area contributed by atoms with Gasteiger partial charge in [-0.2, -0.15) is 0 Å². The van der Waals surface area contributed by atoms with E-state index in [1.807, 2.05) is 31.3 Å². The van der Waals surface area contributed by atoms with Gasteiger partial charge >= 0.3 is 0 Å². The molecule has 0 amide bonds. The molecule has 2 aliphatic rings. The van der Waals surface area contributed by atoms with Gasteiger partial charge in [-0.15, -0.1) is 5.10 Å². The van der Waals surface area contributed by atoms with Gasteiger partial charge in [0.05, 0.1) is 31.0 Å². The molecule has 9 heteroatoms. The smallest absolute Gasteiger partial charge is 0.266 e. The predicted molar refractivity (Wildman–Crippen MR) is 103 cm³/mol. The molecule has 30 heavy (non-hydrogen) atoms. The maximum atomic E-state index is 12.8. The number of alkyl halides is 2. The molecule has 7 nitrogen and oxygen atoms in total. The van der Waals surface area contributed by atoms with Crippen LogP contribution in [0.1, 0.15) is 48.7 Å². The maximum Gasteiger partial charge on any atom is 0.266 e. The second-order valence-corrected chi connectivity index (χ2v) is 8.09. The summed E-state index contributed by atoms with van der Waals surface area (Å²) in [7, 11) is 0. The summed E-state index contributed by atoms with van der Waals surface area (Å²) in [5.41, 5.74) is 1.95. The molecule has 0 radical (unpaired) electrons. The van der Waals surface area contributed by atoms with Crippen LogP contribution in [0.2, 0.25) is 0 Å². The molecule has 1 aromatic carbocycles. The molecule has 0 spiro atoms. The van der Waals surface area contributed by atoms with Crippen LogP contribution >= 0.6 is 0 Å². The van der Waals surface area contributed by atoms with Gasteiger partial charge in [0, 0.05) is 24.4 Å². The van der Waals surface area contributed by atoms with Gasteiger partial charge in [-0.1, -0.05) is 5.21 Å². The number of pyridine rings is 1. The summed E-state index contributed by atoms with van der Waals surface area (Å²) in [6, 6.07) is 5.51. The molecule has 1 saturated carbocycles. The highest BCUT2D eigenvalue weighted by Crippen LogP contribution is 2.44. The van der Waals surface area contributed by atoms with Crippen LogP contribution in [0.5, 0.6) is 5.75 Å². The van der Waals surface area contributed by atoms with E-state index in [-0.39, 0.29) is 25.0 Å². The Morgan fingerprint density at radius 1 is 1.33 bits per heavy atom. The first kappa shape index (κ1) is 19.3. The van der Waals surface area contributed by atoms with Crippen LogP contribution in [0.3, 0.4) is 0 Å². The van der Waals surface area contributed by atoms with Gasteiger partial charge in [-0.05, 0) is 42.7 Å². The van der Waals surface area contributed by atoms with E-state index in [4.69, 9.17) is 9.47 Å². The topological polar surface area (TPSA) is 82.3 Å². The molecule has 2 aromatic heterocycles. The SMILES string of the molecule is C[C@@H](Oc1ccc2ncc3c(c2c1)CCOC3)c1cn(C2CC(O)(C(F)F)C2)nn1. The highest BCUT2D eigenvalue weighted by atomic mass is 19.3. The van der Waals surface area contributed by atoms with Crippen molar-refractivity contribution in [3.05, 3.63) is 47.4 Å². The normalized spacial score (nSPS) is 24.5. The van der Waals surface area contributed by atoms with Crippen LogP contribution in [0.25, 0.3) is 10.9 Å². The molecule has 0 bridgehead atoms. The summed E-state index contributed by atoms with van der Waals surface area (Å²) < 4.78 is 38.8. The predicted octanol–water partition coefficient (Wildman–Crippen LogP) is 3.37. The van der Waals surface area contributed by atoms with E-state index in [2.05, 4.69) is 15.3 Å². The quantitative estimate of drug-likeness (QED) is 0.687. The fraction of sp³-hybridized carbons (Fsp3) is 0.476. The monoisotopic (exact) mass is 416 g/mol. The second kappa shape index (κ2) is 7.24. The van der Waals surface area contributed by atoms with Gasteiger partial charge < -0.3 is 14.6 Å². The number of aliphatic hydroxyl groups is 1. The Labute approximate surface area is 171 Å². The van der Waals surface area contributed by atoms with Crippen molar-refractivity contribution < 1.29 is 23.4 Å². The van der Waals surface area contributed by atoms with Crippen LogP contribution in [-0.4, -0.2) is 43.7 Å². The number of aromatic nitrogens is 4. The molecule has 3 heterocycles.